The molecular weight excluding hydrogens is 568 g/mol. The molecule has 7 heteroatoms. The summed E-state index contributed by atoms with van der Waals surface area (Å²) in [6.07, 6.45) is 3.70. The predicted octanol–water partition coefficient (Wildman–Crippen LogP) is 7.11. The van der Waals surface area contributed by atoms with Gasteiger partial charge >= 0.3 is 11.9 Å². The topological polar surface area (TPSA) is 102 Å². The first kappa shape index (κ1) is 37.8. The molecular formula is C38H54O7. The molecule has 0 aliphatic heterocycles. The SMILES string of the molecule is C=C(C)C(=O)OCCCc1cc(-c2ccc(C)cc2CC)cc(CCCOC(=O)C(=C)C)c1OCCC(CO)(CO)C(C)(C)C. The van der Waals surface area contributed by atoms with Crippen molar-refractivity contribution < 1.29 is 34.0 Å². The molecule has 248 valence electrons. The summed E-state index contributed by atoms with van der Waals surface area (Å²) in [5, 5.41) is 20.6. The summed E-state index contributed by atoms with van der Waals surface area (Å²) in [5.41, 5.74) is 6.25. The number of aryl methyl sites for hydroxylation is 4. The zero-order valence-corrected chi connectivity index (χ0v) is 28.5. The molecule has 0 heterocycles. The summed E-state index contributed by atoms with van der Waals surface area (Å²) in [4.78, 5) is 24.0. The van der Waals surface area contributed by atoms with E-state index in [1.807, 2.05) is 20.8 Å². The van der Waals surface area contributed by atoms with Crippen molar-refractivity contribution >= 4 is 11.9 Å². The second kappa shape index (κ2) is 17.3. The van der Waals surface area contributed by atoms with Gasteiger partial charge < -0.3 is 24.4 Å². The summed E-state index contributed by atoms with van der Waals surface area (Å²) in [7, 11) is 0. The number of esters is 2. The van der Waals surface area contributed by atoms with Crippen LogP contribution in [0.15, 0.2) is 54.6 Å². The molecule has 0 aromatic heterocycles. The van der Waals surface area contributed by atoms with Crippen LogP contribution in [0.3, 0.4) is 0 Å². The van der Waals surface area contributed by atoms with Crippen LogP contribution in [0.5, 0.6) is 5.75 Å². The zero-order valence-electron chi connectivity index (χ0n) is 28.5. The lowest BCUT2D eigenvalue weighted by atomic mass is 9.65. The van der Waals surface area contributed by atoms with Crippen molar-refractivity contribution in [3.05, 3.63) is 76.9 Å². The maximum absolute atomic E-state index is 12.0. The highest BCUT2D eigenvalue weighted by Gasteiger charge is 2.41. The van der Waals surface area contributed by atoms with Crippen molar-refractivity contribution in [1.82, 2.24) is 0 Å². The molecule has 0 saturated carbocycles. The Hall–Kier alpha value is -3.42. The van der Waals surface area contributed by atoms with E-state index in [1.165, 1.54) is 11.1 Å². The van der Waals surface area contributed by atoms with Crippen LogP contribution in [0, 0.1) is 17.8 Å². The van der Waals surface area contributed by atoms with Gasteiger partial charge in [-0.25, -0.2) is 9.59 Å². The summed E-state index contributed by atoms with van der Waals surface area (Å²) >= 11 is 0. The number of benzene rings is 2. The molecule has 7 nitrogen and oxygen atoms in total. The van der Waals surface area contributed by atoms with Crippen LogP contribution >= 0.6 is 0 Å². The summed E-state index contributed by atoms with van der Waals surface area (Å²) in [6.45, 7) is 21.3. The lowest BCUT2D eigenvalue weighted by Gasteiger charge is -2.42. The van der Waals surface area contributed by atoms with Crippen LogP contribution in [-0.4, -0.2) is 55.2 Å². The van der Waals surface area contributed by atoms with Gasteiger partial charge in [-0.2, -0.15) is 0 Å². The van der Waals surface area contributed by atoms with Gasteiger partial charge in [-0.05, 0) is 105 Å². The maximum Gasteiger partial charge on any atom is 0.333 e. The fraction of sp³-hybridized carbons (Fsp3) is 0.526. The predicted molar refractivity (Wildman–Crippen MR) is 180 cm³/mol. The highest BCUT2D eigenvalue weighted by molar-refractivity contribution is 5.87. The van der Waals surface area contributed by atoms with Crippen molar-refractivity contribution in [2.75, 3.05) is 33.0 Å². The first-order valence-electron chi connectivity index (χ1n) is 15.9. The number of aliphatic hydroxyl groups excluding tert-OH is 2. The maximum atomic E-state index is 12.0. The van der Waals surface area contributed by atoms with Gasteiger partial charge in [0.05, 0.1) is 33.0 Å². The Balaban J connectivity index is 2.55. The average Bonchev–Trinajstić information content (AvgIpc) is 2.99. The van der Waals surface area contributed by atoms with E-state index in [0.717, 1.165) is 34.4 Å². The van der Waals surface area contributed by atoms with Gasteiger partial charge in [0.25, 0.3) is 0 Å². The molecule has 0 amide bonds. The second-order valence-electron chi connectivity index (χ2n) is 13.1. The molecule has 0 atom stereocenters. The third-order valence-electron chi connectivity index (χ3n) is 8.56. The molecule has 2 N–H and O–H groups in total. The fourth-order valence-corrected chi connectivity index (χ4v) is 5.27. The standard InChI is InChI=1S/C38H54O7/c1-10-29-21-28(6)15-16-33(29)32-22-30(13-11-18-44-35(41)26(2)3)34(31(23-32)14-12-19-45-36(42)27(4)5)43-20-17-38(24-39,25-40)37(7,8)9/h15-16,21-23,39-40H,2,4,10-14,17-20,24-25H2,1,3,5-9H3. The number of carbonyl (C=O) groups is 2. The minimum atomic E-state index is -0.724. The molecule has 2 aromatic rings. The van der Waals surface area contributed by atoms with Crippen LogP contribution in [0.25, 0.3) is 11.1 Å². The van der Waals surface area contributed by atoms with Crippen molar-refractivity contribution in [2.24, 2.45) is 10.8 Å². The van der Waals surface area contributed by atoms with Crippen LogP contribution in [0.4, 0.5) is 0 Å². The molecule has 0 unspecified atom stereocenters. The van der Waals surface area contributed by atoms with Gasteiger partial charge in [0.2, 0.25) is 0 Å². The zero-order chi connectivity index (χ0) is 33.8. The van der Waals surface area contributed by atoms with Crippen LogP contribution in [-0.2, 0) is 38.3 Å². The Morgan fingerprint density at radius 2 is 1.31 bits per heavy atom. The molecule has 0 aliphatic rings. The van der Waals surface area contributed by atoms with Crippen LogP contribution in [0.2, 0.25) is 0 Å². The number of rotatable bonds is 18. The van der Waals surface area contributed by atoms with Crippen LogP contribution in [0.1, 0.15) is 83.1 Å². The monoisotopic (exact) mass is 622 g/mol. The number of carbonyl (C=O) groups excluding carboxylic acids is 2. The smallest absolute Gasteiger partial charge is 0.333 e. The molecule has 0 radical (unpaired) electrons. The van der Waals surface area contributed by atoms with Gasteiger partial charge in [0.15, 0.2) is 0 Å². The van der Waals surface area contributed by atoms with E-state index in [4.69, 9.17) is 14.2 Å². The first-order chi connectivity index (χ1) is 21.2. The number of hydrogen-bond acceptors (Lipinski definition) is 7. The van der Waals surface area contributed by atoms with E-state index in [1.54, 1.807) is 13.8 Å². The van der Waals surface area contributed by atoms with E-state index in [9.17, 15) is 19.8 Å². The van der Waals surface area contributed by atoms with Gasteiger partial charge in [-0.3, -0.25) is 0 Å². The van der Waals surface area contributed by atoms with E-state index in [0.29, 0.717) is 43.3 Å². The first-order valence-corrected chi connectivity index (χ1v) is 15.9. The lowest BCUT2D eigenvalue weighted by Crippen LogP contribution is -2.43. The number of ether oxygens (including phenoxy) is 3. The van der Waals surface area contributed by atoms with Gasteiger partial charge in [-0.1, -0.05) is 64.6 Å². The molecule has 0 aliphatic carbocycles. The molecule has 2 rings (SSSR count). The van der Waals surface area contributed by atoms with Crippen molar-refractivity contribution in [3.63, 3.8) is 0 Å². The second-order valence-corrected chi connectivity index (χ2v) is 13.1. The molecule has 2 aromatic carbocycles. The molecule has 45 heavy (non-hydrogen) atoms. The summed E-state index contributed by atoms with van der Waals surface area (Å²) in [6, 6.07) is 10.8. The summed E-state index contributed by atoms with van der Waals surface area (Å²) < 4.78 is 17.3. The Labute approximate surface area is 270 Å². The molecule has 0 bridgehead atoms. The van der Waals surface area contributed by atoms with E-state index in [-0.39, 0.29) is 38.4 Å². The third-order valence-corrected chi connectivity index (χ3v) is 8.56. The Kier molecular flexibility index (Phi) is 14.5. The highest BCUT2D eigenvalue weighted by Crippen LogP contribution is 2.42. The minimum absolute atomic E-state index is 0.162. The fourth-order valence-electron chi connectivity index (χ4n) is 5.27. The Morgan fingerprint density at radius 1 is 0.800 bits per heavy atom. The molecule has 0 fully saturated rings. The van der Waals surface area contributed by atoms with Gasteiger partial charge in [-0.15, -0.1) is 0 Å². The summed E-state index contributed by atoms with van der Waals surface area (Å²) in [5.74, 6) is -0.0898. The van der Waals surface area contributed by atoms with E-state index >= 15 is 0 Å². The number of aliphatic hydroxyl groups is 2. The number of hydrogen-bond donors (Lipinski definition) is 2. The average molecular weight is 623 g/mol. The highest BCUT2D eigenvalue weighted by atomic mass is 16.5. The normalized spacial score (nSPS) is 11.7. The third kappa shape index (κ3) is 10.6. The van der Waals surface area contributed by atoms with Crippen molar-refractivity contribution in [3.8, 4) is 16.9 Å². The van der Waals surface area contributed by atoms with Crippen molar-refractivity contribution in [2.45, 2.75) is 87.0 Å². The quantitative estimate of drug-likeness (QED) is 0.104. The van der Waals surface area contributed by atoms with Gasteiger partial charge in [0.1, 0.15) is 5.75 Å². The van der Waals surface area contributed by atoms with Crippen LogP contribution < -0.4 is 4.74 Å². The van der Waals surface area contributed by atoms with E-state index < -0.39 is 17.4 Å². The van der Waals surface area contributed by atoms with Gasteiger partial charge in [0, 0.05) is 16.6 Å². The largest absolute Gasteiger partial charge is 0.493 e. The van der Waals surface area contributed by atoms with Crippen molar-refractivity contribution in [1.29, 1.82) is 0 Å². The minimum Gasteiger partial charge on any atom is -0.493 e. The van der Waals surface area contributed by atoms with E-state index in [2.05, 4.69) is 57.3 Å². The lowest BCUT2D eigenvalue weighted by molar-refractivity contribution is -0.139. The molecule has 0 spiro atoms. The Bertz CT molecular complexity index is 1270. The Morgan fingerprint density at radius 3 is 1.73 bits per heavy atom. The molecule has 0 saturated heterocycles.